The van der Waals surface area contributed by atoms with E-state index in [-0.39, 0.29) is 31.0 Å². The molecule has 0 bridgehead atoms. The predicted molar refractivity (Wildman–Crippen MR) is 98.8 cm³/mol. The van der Waals surface area contributed by atoms with Crippen LogP contribution < -0.4 is 10.2 Å². The van der Waals surface area contributed by atoms with Crippen LogP contribution >= 0.6 is 0 Å². The maximum absolute atomic E-state index is 13.9. The van der Waals surface area contributed by atoms with Gasteiger partial charge in [-0.3, -0.25) is 9.59 Å². The third-order valence-corrected chi connectivity index (χ3v) is 4.54. The number of carbonyl (C=O) groups excluding carboxylic acids is 3. The first-order chi connectivity index (χ1) is 13.3. The van der Waals surface area contributed by atoms with Crippen molar-refractivity contribution in [2.45, 2.75) is 39.2 Å². The van der Waals surface area contributed by atoms with Crippen LogP contribution in [0.25, 0.3) is 0 Å². The number of benzene rings is 1. The summed E-state index contributed by atoms with van der Waals surface area (Å²) in [5.41, 5.74) is -0.453. The standard InChI is InChI=1S/C19H25F2N3O4/c1-3-28-19(27)23-10-7-14(8-11-23)22-17(26)9-12-24(13(2)25)18-15(20)5-4-6-16(18)21/h4-6,14H,3,7-12H2,1-2H3,(H,22,26). The Morgan fingerprint density at radius 1 is 1.21 bits per heavy atom. The van der Waals surface area contributed by atoms with Crippen molar-refractivity contribution >= 4 is 23.6 Å². The summed E-state index contributed by atoms with van der Waals surface area (Å²) in [5, 5.41) is 2.84. The van der Waals surface area contributed by atoms with Crippen LogP contribution in [0, 0.1) is 11.6 Å². The lowest BCUT2D eigenvalue weighted by atomic mass is 10.1. The Kier molecular flexibility index (Phi) is 7.71. The molecule has 7 nitrogen and oxygen atoms in total. The summed E-state index contributed by atoms with van der Waals surface area (Å²) in [7, 11) is 0. The normalized spacial score (nSPS) is 14.5. The molecule has 1 saturated heterocycles. The van der Waals surface area contributed by atoms with Gasteiger partial charge in [-0.25, -0.2) is 13.6 Å². The van der Waals surface area contributed by atoms with Gasteiger partial charge in [0.15, 0.2) is 0 Å². The molecule has 0 radical (unpaired) electrons. The fourth-order valence-electron chi connectivity index (χ4n) is 3.11. The smallest absolute Gasteiger partial charge is 0.409 e. The zero-order valence-electron chi connectivity index (χ0n) is 16.0. The molecule has 0 spiro atoms. The van der Waals surface area contributed by atoms with Crippen LogP contribution in [0.5, 0.6) is 0 Å². The van der Waals surface area contributed by atoms with Crippen LogP contribution in [0.15, 0.2) is 18.2 Å². The van der Waals surface area contributed by atoms with Gasteiger partial charge in [0.1, 0.15) is 17.3 Å². The highest BCUT2D eigenvalue weighted by atomic mass is 19.1. The number of hydrogen-bond donors (Lipinski definition) is 1. The third kappa shape index (κ3) is 5.64. The van der Waals surface area contributed by atoms with Gasteiger partial charge in [0, 0.05) is 39.0 Å². The molecule has 154 valence electrons. The quantitative estimate of drug-likeness (QED) is 0.800. The van der Waals surface area contributed by atoms with Gasteiger partial charge in [0.05, 0.1) is 6.61 Å². The average Bonchev–Trinajstić information content (AvgIpc) is 2.64. The second kappa shape index (κ2) is 10.0. The fraction of sp³-hybridized carbons (Fsp3) is 0.526. The van der Waals surface area contributed by atoms with Gasteiger partial charge in [-0.15, -0.1) is 0 Å². The number of anilines is 1. The first-order valence-corrected chi connectivity index (χ1v) is 9.26. The van der Waals surface area contributed by atoms with Crippen molar-refractivity contribution in [1.82, 2.24) is 10.2 Å². The molecule has 1 aromatic rings. The molecule has 1 N–H and O–H groups in total. The van der Waals surface area contributed by atoms with E-state index in [9.17, 15) is 23.2 Å². The van der Waals surface area contributed by atoms with Crippen molar-refractivity contribution in [3.05, 3.63) is 29.8 Å². The van der Waals surface area contributed by atoms with Gasteiger partial charge in [-0.2, -0.15) is 0 Å². The van der Waals surface area contributed by atoms with Crippen LogP contribution in [0.1, 0.15) is 33.1 Å². The molecule has 1 aliphatic rings. The summed E-state index contributed by atoms with van der Waals surface area (Å²) in [4.78, 5) is 38.2. The second-order valence-corrected chi connectivity index (χ2v) is 6.52. The minimum absolute atomic E-state index is 0.0918. The number of nitrogens with one attached hydrogen (secondary N) is 1. The Hall–Kier alpha value is -2.71. The van der Waals surface area contributed by atoms with E-state index >= 15 is 0 Å². The van der Waals surface area contributed by atoms with Crippen LogP contribution in [-0.4, -0.2) is 55.1 Å². The van der Waals surface area contributed by atoms with Gasteiger partial charge >= 0.3 is 6.09 Å². The molecular weight excluding hydrogens is 372 g/mol. The van der Waals surface area contributed by atoms with E-state index in [2.05, 4.69) is 5.32 Å². The molecule has 0 atom stereocenters. The van der Waals surface area contributed by atoms with Crippen molar-refractivity contribution in [2.75, 3.05) is 31.1 Å². The number of rotatable bonds is 6. The second-order valence-electron chi connectivity index (χ2n) is 6.52. The lowest BCUT2D eigenvalue weighted by Gasteiger charge is -2.31. The first kappa shape index (κ1) is 21.6. The number of carbonyl (C=O) groups is 3. The largest absolute Gasteiger partial charge is 0.450 e. The Morgan fingerprint density at radius 3 is 2.36 bits per heavy atom. The van der Waals surface area contributed by atoms with E-state index in [4.69, 9.17) is 4.74 Å². The minimum atomic E-state index is -0.859. The van der Waals surface area contributed by atoms with Crippen molar-refractivity contribution in [2.24, 2.45) is 0 Å². The number of likely N-dealkylation sites (tertiary alicyclic amines) is 1. The Balaban J connectivity index is 1.86. The molecule has 1 aliphatic heterocycles. The molecular formula is C19H25F2N3O4. The number of ether oxygens (including phenoxy) is 1. The zero-order chi connectivity index (χ0) is 20.7. The van der Waals surface area contributed by atoms with Crippen molar-refractivity contribution in [3.8, 4) is 0 Å². The Labute approximate surface area is 162 Å². The van der Waals surface area contributed by atoms with Crippen molar-refractivity contribution < 1.29 is 27.9 Å². The lowest BCUT2D eigenvalue weighted by molar-refractivity contribution is -0.122. The van der Waals surface area contributed by atoms with Crippen LogP contribution in [0.4, 0.5) is 19.3 Å². The van der Waals surface area contributed by atoms with E-state index in [0.29, 0.717) is 32.5 Å². The summed E-state index contributed by atoms with van der Waals surface area (Å²) in [6.07, 6.45) is 0.716. The van der Waals surface area contributed by atoms with Crippen LogP contribution in [-0.2, 0) is 14.3 Å². The van der Waals surface area contributed by atoms with Crippen molar-refractivity contribution in [1.29, 1.82) is 0 Å². The molecule has 1 heterocycles. The molecule has 28 heavy (non-hydrogen) atoms. The van der Waals surface area contributed by atoms with Gasteiger partial charge < -0.3 is 19.9 Å². The molecule has 2 rings (SSSR count). The van der Waals surface area contributed by atoms with Crippen molar-refractivity contribution in [3.63, 3.8) is 0 Å². The number of piperidine rings is 1. The summed E-state index contributed by atoms with van der Waals surface area (Å²) < 4.78 is 32.8. The van der Waals surface area contributed by atoms with E-state index in [1.165, 1.54) is 13.0 Å². The zero-order valence-corrected chi connectivity index (χ0v) is 16.0. The maximum Gasteiger partial charge on any atom is 0.409 e. The van der Waals surface area contributed by atoms with Gasteiger partial charge in [-0.05, 0) is 31.9 Å². The molecule has 0 unspecified atom stereocenters. The molecule has 9 heteroatoms. The number of hydrogen-bond acceptors (Lipinski definition) is 4. The van der Waals surface area contributed by atoms with Gasteiger partial charge in [0.2, 0.25) is 11.8 Å². The molecule has 1 aromatic carbocycles. The molecule has 1 fully saturated rings. The van der Waals surface area contributed by atoms with E-state index in [1.807, 2.05) is 0 Å². The topological polar surface area (TPSA) is 79.0 Å². The van der Waals surface area contributed by atoms with Gasteiger partial charge in [-0.1, -0.05) is 6.07 Å². The van der Waals surface area contributed by atoms with Crippen LogP contribution in [0.3, 0.4) is 0 Å². The average molecular weight is 397 g/mol. The summed E-state index contributed by atoms with van der Waals surface area (Å²) in [5.74, 6) is -2.60. The third-order valence-electron chi connectivity index (χ3n) is 4.54. The summed E-state index contributed by atoms with van der Waals surface area (Å²) >= 11 is 0. The Morgan fingerprint density at radius 2 is 1.82 bits per heavy atom. The number of nitrogens with zero attached hydrogens (tertiary/aromatic N) is 2. The maximum atomic E-state index is 13.9. The molecule has 0 aliphatic carbocycles. The first-order valence-electron chi connectivity index (χ1n) is 9.26. The fourth-order valence-corrected chi connectivity index (χ4v) is 3.11. The van der Waals surface area contributed by atoms with Gasteiger partial charge in [0.25, 0.3) is 0 Å². The van der Waals surface area contributed by atoms with Crippen LogP contribution in [0.2, 0.25) is 0 Å². The lowest BCUT2D eigenvalue weighted by Crippen LogP contribution is -2.47. The van der Waals surface area contributed by atoms with E-state index in [1.54, 1.807) is 11.8 Å². The minimum Gasteiger partial charge on any atom is -0.450 e. The van der Waals surface area contributed by atoms with E-state index in [0.717, 1.165) is 17.0 Å². The molecule has 0 saturated carbocycles. The highest BCUT2D eigenvalue weighted by Crippen LogP contribution is 2.23. The molecule has 0 aromatic heterocycles. The SMILES string of the molecule is CCOC(=O)N1CCC(NC(=O)CCN(C(C)=O)c2c(F)cccc2F)CC1. The molecule has 3 amide bonds. The number of amides is 3. The Bertz CT molecular complexity index is 701. The monoisotopic (exact) mass is 397 g/mol. The highest BCUT2D eigenvalue weighted by Gasteiger charge is 2.25. The number of halogens is 2. The summed E-state index contributed by atoms with van der Waals surface area (Å²) in [6, 6.07) is 3.23. The predicted octanol–water partition coefficient (Wildman–Crippen LogP) is 2.44. The highest BCUT2D eigenvalue weighted by molar-refractivity contribution is 5.92. The summed E-state index contributed by atoms with van der Waals surface area (Å²) in [6.45, 7) is 4.05. The van der Waals surface area contributed by atoms with E-state index < -0.39 is 23.2 Å². The number of para-hydroxylation sites is 1.